The van der Waals surface area contributed by atoms with Crippen LogP contribution in [0.5, 0.6) is 0 Å². The zero-order chi connectivity index (χ0) is 9.40. The second kappa shape index (κ2) is 7.33. The predicted octanol–water partition coefficient (Wildman–Crippen LogP) is 3.54. The average Bonchev–Trinajstić information content (AvgIpc) is 2.03. The van der Waals surface area contributed by atoms with Gasteiger partial charge in [-0.15, -0.1) is 0 Å². The summed E-state index contributed by atoms with van der Waals surface area (Å²) < 4.78 is 0. The first kappa shape index (κ1) is 11.7. The molecule has 0 aromatic rings. The third-order valence-corrected chi connectivity index (χ3v) is 2.52. The minimum Gasteiger partial charge on any atom is -0.298 e. The largest absolute Gasteiger partial charge is 0.298 e. The van der Waals surface area contributed by atoms with Gasteiger partial charge in [-0.1, -0.05) is 33.6 Å². The van der Waals surface area contributed by atoms with Gasteiger partial charge in [-0.25, -0.2) is 0 Å². The molecule has 0 saturated carbocycles. The minimum atomic E-state index is 0.833. The van der Waals surface area contributed by atoms with Crippen molar-refractivity contribution < 1.29 is 0 Å². The van der Waals surface area contributed by atoms with E-state index in [0.717, 1.165) is 18.4 Å². The van der Waals surface area contributed by atoms with Crippen LogP contribution in [0.15, 0.2) is 4.99 Å². The molecule has 0 radical (unpaired) electrons. The molecule has 1 nitrogen and oxygen atoms in total. The number of hydrogen-bond acceptors (Lipinski definition) is 1. The van der Waals surface area contributed by atoms with E-state index in [-0.39, 0.29) is 0 Å². The molecule has 0 unspecified atom stereocenters. The van der Waals surface area contributed by atoms with E-state index < -0.39 is 0 Å². The van der Waals surface area contributed by atoms with Gasteiger partial charge in [0.1, 0.15) is 0 Å². The Bertz CT molecular complexity index is 116. The molecule has 0 fully saturated rings. The van der Waals surface area contributed by atoms with Crippen molar-refractivity contribution in [2.24, 2.45) is 16.8 Å². The zero-order valence-corrected chi connectivity index (χ0v) is 9.01. The Hall–Kier alpha value is -0.330. The summed E-state index contributed by atoms with van der Waals surface area (Å²) in [6.45, 7) is 9.94. The highest BCUT2D eigenvalue weighted by Gasteiger charge is 2.05. The number of nitrogens with zero attached hydrogens (tertiary/aromatic N) is 1. The van der Waals surface area contributed by atoms with Crippen LogP contribution in [0.1, 0.15) is 47.0 Å². The zero-order valence-electron chi connectivity index (χ0n) is 9.01. The normalized spacial score (nSPS) is 14.4. The summed E-state index contributed by atoms with van der Waals surface area (Å²) in [7, 11) is 0. The molecule has 0 aliphatic carbocycles. The molecule has 12 heavy (non-hydrogen) atoms. The van der Waals surface area contributed by atoms with E-state index in [1.165, 1.54) is 19.3 Å². The lowest BCUT2D eigenvalue weighted by Crippen LogP contribution is -2.03. The fourth-order valence-electron chi connectivity index (χ4n) is 1.13. The van der Waals surface area contributed by atoms with Crippen molar-refractivity contribution in [3.05, 3.63) is 0 Å². The number of unbranched alkanes of at least 4 members (excludes halogenated alkanes) is 1. The van der Waals surface area contributed by atoms with Crippen LogP contribution >= 0.6 is 0 Å². The summed E-state index contributed by atoms with van der Waals surface area (Å²) in [5.41, 5.74) is 0. The van der Waals surface area contributed by atoms with Crippen molar-refractivity contribution in [1.29, 1.82) is 0 Å². The average molecular weight is 169 g/mol. The van der Waals surface area contributed by atoms with Gasteiger partial charge in [0.15, 0.2) is 0 Å². The molecule has 0 N–H and O–H groups in total. The van der Waals surface area contributed by atoms with Gasteiger partial charge in [-0.3, -0.25) is 4.99 Å². The molecular formula is C11H23N. The quantitative estimate of drug-likeness (QED) is 0.426. The summed E-state index contributed by atoms with van der Waals surface area (Å²) in [5, 5.41) is 0. The van der Waals surface area contributed by atoms with Crippen molar-refractivity contribution in [2.45, 2.75) is 47.0 Å². The highest BCUT2D eigenvalue weighted by Crippen LogP contribution is 2.16. The standard InChI is InChI=1S/C11H23N/c1-5-12-9-7-6-8-11(4)10(2)3/h5,10-11H,6-9H2,1-4H3/b12-5-/t11-/m1/s1. The minimum absolute atomic E-state index is 0.833. The van der Waals surface area contributed by atoms with E-state index in [9.17, 15) is 0 Å². The van der Waals surface area contributed by atoms with E-state index in [2.05, 4.69) is 25.8 Å². The van der Waals surface area contributed by atoms with Crippen molar-refractivity contribution in [2.75, 3.05) is 6.54 Å². The van der Waals surface area contributed by atoms with Crippen LogP contribution in [0.3, 0.4) is 0 Å². The van der Waals surface area contributed by atoms with Gasteiger partial charge in [0.2, 0.25) is 0 Å². The molecular weight excluding hydrogens is 146 g/mol. The van der Waals surface area contributed by atoms with E-state index >= 15 is 0 Å². The fourth-order valence-corrected chi connectivity index (χ4v) is 1.13. The molecule has 0 heterocycles. The Kier molecular flexibility index (Phi) is 7.12. The molecule has 0 aromatic heterocycles. The molecule has 0 aliphatic heterocycles. The second-order valence-electron chi connectivity index (χ2n) is 3.88. The van der Waals surface area contributed by atoms with Crippen molar-refractivity contribution in [3.8, 4) is 0 Å². The van der Waals surface area contributed by atoms with Gasteiger partial charge >= 0.3 is 0 Å². The first-order chi connectivity index (χ1) is 5.68. The predicted molar refractivity (Wildman–Crippen MR) is 56.9 cm³/mol. The molecule has 0 aliphatic rings. The van der Waals surface area contributed by atoms with Gasteiger partial charge in [-0.05, 0) is 31.4 Å². The first-order valence-corrected chi connectivity index (χ1v) is 5.13. The van der Waals surface area contributed by atoms with E-state index in [0.29, 0.717) is 0 Å². The fraction of sp³-hybridized carbons (Fsp3) is 0.909. The molecule has 0 saturated heterocycles. The smallest absolute Gasteiger partial charge is 0.0385 e. The van der Waals surface area contributed by atoms with Crippen LogP contribution in [0.2, 0.25) is 0 Å². The maximum atomic E-state index is 4.19. The molecule has 1 atom stereocenters. The van der Waals surface area contributed by atoms with Crippen molar-refractivity contribution in [3.63, 3.8) is 0 Å². The van der Waals surface area contributed by atoms with Crippen LogP contribution < -0.4 is 0 Å². The second-order valence-corrected chi connectivity index (χ2v) is 3.88. The third kappa shape index (κ3) is 6.38. The van der Waals surface area contributed by atoms with Crippen LogP contribution in [-0.2, 0) is 0 Å². The van der Waals surface area contributed by atoms with Crippen LogP contribution in [0, 0.1) is 11.8 Å². The van der Waals surface area contributed by atoms with E-state index in [4.69, 9.17) is 0 Å². The lowest BCUT2D eigenvalue weighted by molar-refractivity contribution is 0.379. The summed E-state index contributed by atoms with van der Waals surface area (Å²) >= 11 is 0. The van der Waals surface area contributed by atoms with Crippen molar-refractivity contribution in [1.82, 2.24) is 0 Å². The molecule has 0 spiro atoms. The van der Waals surface area contributed by atoms with Gasteiger partial charge < -0.3 is 0 Å². The van der Waals surface area contributed by atoms with Gasteiger partial charge in [0.25, 0.3) is 0 Å². The van der Waals surface area contributed by atoms with Gasteiger partial charge in [0, 0.05) is 6.54 Å². The highest BCUT2D eigenvalue weighted by molar-refractivity contribution is 5.53. The number of rotatable bonds is 6. The molecule has 0 bridgehead atoms. The highest BCUT2D eigenvalue weighted by atomic mass is 14.7. The Balaban J connectivity index is 3.19. The van der Waals surface area contributed by atoms with E-state index in [1.54, 1.807) is 0 Å². The summed E-state index contributed by atoms with van der Waals surface area (Å²) in [5.74, 6) is 1.70. The maximum absolute atomic E-state index is 4.19. The van der Waals surface area contributed by atoms with Gasteiger partial charge in [0.05, 0.1) is 0 Å². The van der Waals surface area contributed by atoms with Gasteiger partial charge in [-0.2, -0.15) is 0 Å². The summed E-state index contributed by atoms with van der Waals surface area (Å²) in [4.78, 5) is 4.19. The SMILES string of the molecule is C/C=N\CCCC[C@@H](C)C(C)C. The molecule has 72 valence electrons. The molecule has 1 heteroatoms. The topological polar surface area (TPSA) is 12.4 Å². The Labute approximate surface area is 77.3 Å². The Morgan fingerprint density at radius 1 is 1.17 bits per heavy atom. The number of aliphatic imine (C=N–C) groups is 1. The third-order valence-electron chi connectivity index (χ3n) is 2.52. The lowest BCUT2D eigenvalue weighted by Gasteiger charge is -2.14. The summed E-state index contributed by atoms with van der Waals surface area (Å²) in [6.07, 6.45) is 5.83. The molecule has 0 rings (SSSR count). The van der Waals surface area contributed by atoms with Crippen molar-refractivity contribution >= 4 is 6.21 Å². The lowest BCUT2D eigenvalue weighted by atomic mass is 9.93. The first-order valence-electron chi connectivity index (χ1n) is 5.13. The Morgan fingerprint density at radius 3 is 2.33 bits per heavy atom. The maximum Gasteiger partial charge on any atom is 0.0385 e. The Morgan fingerprint density at radius 2 is 1.83 bits per heavy atom. The summed E-state index contributed by atoms with van der Waals surface area (Å²) in [6, 6.07) is 0. The molecule has 0 amide bonds. The molecule has 0 aromatic carbocycles. The number of hydrogen-bond donors (Lipinski definition) is 0. The van der Waals surface area contributed by atoms with Crippen LogP contribution in [0.25, 0.3) is 0 Å². The van der Waals surface area contributed by atoms with Crippen LogP contribution in [0.4, 0.5) is 0 Å². The monoisotopic (exact) mass is 169 g/mol. The van der Waals surface area contributed by atoms with E-state index in [1.807, 2.05) is 13.1 Å². The van der Waals surface area contributed by atoms with Crippen LogP contribution in [-0.4, -0.2) is 12.8 Å².